The van der Waals surface area contributed by atoms with E-state index in [-0.39, 0.29) is 49.4 Å². The van der Waals surface area contributed by atoms with Crippen LogP contribution in [0.2, 0.25) is 0 Å². The highest BCUT2D eigenvalue weighted by Gasteiger charge is 2.33. The Morgan fingerprint density at radius 2 is 1.07 bits per heavy atom. The molecule has 11 heteroatoms. The Labute approximate surface area is 256 Å². The number of nitrogens with one attached hydrogen (secondary N) is 4. The Balaban J connectivity index is 3.21. The highest BCUT2D eigenvalue weighted by molar-refractivity contribution is 5.95. The maximum absolute atomic E-state index is 13.6. The Kier molecular flexibility index (Phi) is 15.9. The second-order valence-corrected chi connectivity index (χ2v) is 12.8. The summed E-state index contributed by atoms with van der Waals surface area (Å²) < 4.78 is 0. The minimum Gasteiger partial charge on any atom is -0.480 e. The fourth-order valence-electron chi connectivity index (χ4n) is 4.60. The fraction of sp³-hybridized carbons (Fsp3) is 0.656. The molecule has 5 atom stereocenters. The summed E-state index contributed by atoms with van der Waals surface area (Å²) >= 11 is 0. The number of carbonyl (C=O) groups is 5. The summed E-state index contributed by atoms with van der Waals surface area (Å²) in [4.78, 5) is 64.7. The molecule has 1 rings (SSSR count). The third-order valence-electron chi connectivity index (χ3n) is 6.82. The summed E-state index contributed by atoms with van der Waals surface area (Å²) in [5.41, 5.74) is 0.755. The van der Waals surface area contributed by atoms with Gasteiger partial charge in [0.25, 0.3) is 0 Å². The van der Waals surface area contributed by atoms with Crippen LogP contribution in [0.5, 0.6) is 0 Å². The Morgan fingerprint density at radius 3 is 1.56 bits per heavy atom. The van der Waals surface area contributed by atoms with Gasteiger partial charge >= 0.3 is 5.97 Å². The smallest absolute Gasteiger partial charge is 0.326 e. The van der Waals surface area contributed by atoms with Crippen molar-refractivity contribution in [3.63, 3.8) is 0 Å². The molecule has 1 aromatic rings. The maximum Gasteiger partial charge on any atom is 0.326 e. The van der Waals surface area contributed by atoms with Crippen molar-refractivity contribution in [3.05, 3.63) is 35.9 Å². The molecule has 4 amide bonds. The topological polar surface area (TPSA) is 174 Å². The molecule has 0 aliphatic carbocycles. The maximum atomic E-state index is 13.6. The van der Waals surface area contributed by atoms with Crippen molar-refractivity contribution in [2.45, 2.75) is 111 Å². The highest BCUT2D eigenvalue weighted by Crippen LogP contribution is 2.12. The zero-order valence-electron chi connectivity index (χ0n) is 26.8. The number of aliphatic hydroxyl groups excluding tert-OH is 1. The van der Waals surface area contributed by atoms with Gasteiger partial charge in [-0.05, 0) is 48.5 Å². The summed E-state index contributed by atoms with van der Waals surface area (Å²) in [6.45, 7) is 14.7. The van der Waals surface area contributed by atoms with E-state index in [0.717, 1.165) is 5.56 Å². The van der Waals surface area contributed by atoms with Crippen LogP contribution in [-0.2, 0) is 30.4 Å². The standard InChI is InChI=1S/C32H52N4O7/c1-18(2)14-23(34-31(41)27(21(7)8)36-30(40)26(37)16-20(5)6)28(38)33-24(17-22-12-10-9-11-13-22)29(39)35-25(32(42)43)15-19(3)4/h9-13,18-21,23-27,37H,14-17H2,1-8H3,(H,33,38)(H,34,41)(H,35,39)(H,36,40)(H,42,43)/t23-,24-,25-,26-,27-/m0/s1. The van der Waals surface area contributed by atoms with Crippen LogP contribution in [0, 0.1) is 23.7 Å². The molecule has 0 saturated heterocycles. The molecule has 0 radical (unpaired) electrons. The number of rotatable bonds is 18. The van der Waals surface area contributed by atoms with E-state index < -0.39 is 59.9 Å². The van der Waals surface area contributed by atoms with E-state index in [0.29, 0.717) is 0 Å². The van der Waals surface area contributed by atoms with Gasteiger partial charge in [0.05, 0.1) is 0 Å². The summed E-state index contributed by atoms with van der Waals surface area (Å²) in [5, 5.41) is 30.5. The number of hydrogen-bond acceptors (Lipinski definition) is 6. The van der Waals surface area contributed by atoms with Crippen LogP contribution in [0.4, 0.5) is 0 Å². The number of carboxylic acid groups (broad SMARTS) is 1. The molecule has 0 aromatic heterocycles. The van der Waals surface area contributed by atoms with Crippen molar-refractivity contribution < 1.29 is 34.2 Å². The first-order chi connectivity index (χ1) is 20.0. The summed E-state index contributed by atoms with van der Waals surface area (Å²) in [7, 11) is 0. The Hall–Kier alpha value is -3.47. The van der Waals surface area contributed by atoms with Gasteiger partial charge in [-0.15, -0.1) is 0 Å². The van der Waals surface area contributed by atoms with E-state index in [1.165, 1.54) is 0 Å². The van der Waals surface area contributed by atoms with E-state index >= 15 is 0 Å². The van der Waals surface area contributed by atoms with E-state index in [1.807, 2.05) is 47.6 Å². The van der Waals surface area contributed by atoms with Crippen LogP contribution < -0.4 is 21.3 Å². The molecule has 0 fully saturated rings. The minimum absolute atomic E-state index is 0.00933. The van der Waals surface area contributed by atoms with Crippen LogP contribution >= 0.6 is 0 Å². The molecule has 43 heavy (non-hydrogen) atoms. The van der Waals surface area contributed by atoms with E-state index in [1.54, 1.807) is 38.1 Å². The van der Waals surface area contributed by atoms with Crippen LogP contribution in [0.15, 0.2) is 30.3 Å². The first kappa shape index (κ1) is 37.6. The normalized spacial score (nSPS) is 15.0. The predicted molar refractivity (Wildman–Crippen MR) is 165 cm³/mol. The number of aliphatic carboxylic acids is 1. The highest BCUT2D eigenvalue weighted by atomic mass is 16.4. The Morgan fingerprint density at radius 1 is 0.605 bits per heavy atom. The summed E-state index contributed by atoms with van der Waals surface area (Å²) in [6, 6.07) is 4.73. The van der Waals surface area contributed by atoms with Crippen LogP contribution in [0.3, 0.4) is 0 Å². The molecular weight excluding hydrogens is 552 g/mol. The molecule has 11 nitrogen and oxygen atoms in total. The summed E-state index contributed by atoms with van der Waals surface area (Å²) in [6.07, 6.45) is -0.467. The molecule has 0 aliphatic heterocycles. The molecule has 6 N–H and O–H groups in total. The molecule has 242 valence electrons. The molecule has 0 unspecified atom stereocenters. The van der Waals surface area contributed by atoms with Gasteiger partial charge in [-0.1, -0.05) is 85.7 Å². The number of hydrogen-bond donors (Lipinski definition) is 6. The van der Waals surface area contributed by atoms with Gasteiger partial charge in [-0.3, -0.25) is 19.2 Å². The largest absolute Gasteiger partial charge is 0.480 e. The van der Waals surface area contributed by atoms with E-state index in [4.69, 9.17) is 0 Å². The molecular formula is C32H52N4O7. The van der Waals surface area contributed by atoms with Crippen LogP contribution in [0.25, 0.3) is 0 Å². The molecule has 0 saturated carbocycles. The van der Waals surface area contributed by atoms with E-state index in [2.05, 4.69) is 21.3 Å². The second kappa shape index (κ2) is 18.3. The van der Waals surface area contributed by atoms with Crippen LogP contribution in [-0.4, -0.2) is 70.1 Å². The average molecular weight is 605 g/mol. The van der Waals surface area contributed by atoms with Gasteiger partial charge in [0.2, 0.25) is 23.6 Å². The van der Waals surface area contributed by atoms with Crippen molar-refractivity contribution >= 4 is 29.6 Å². The van der Waals surface area contributed by atoms with Crippen molar-refractivity contribution in [1.82, 2.24) is 21.3 Å². The third-order valence-corrected chi connectivity index (χ3v) is 6.82. The molecule has 0 spiro atoms. The molecule has 0 aliphatic rings. The number of aliphatic hydroxyl groups is 1. The van der Waals surface area contributed by atoms with Gasteiger partial charge in [0.15, 0.2) is 0 Å². The van der Waals surface area contributed by atoms with Crippen molar-refractivity contribution in [2.75, 3.05) is 0 Å². The van der Waals surface area contributed by atoms with Crippen molar-refractivity contribution in [2.24, 2.45) is 23.7 Å². The fourth-order valence-corrected chi connectivity index (χ4v) is 4.60. The van der Waals surface area contributed by atoms with Crippen molar-refractivity contribution in [1.29, 1.82) is 0 Å². The zero-order chi connectivity index (χ0) is 32.9. The molecule has 1 aromatic carbocycles. The minimum atomic E-state index is -1.27. The number of carbonyl (C=O) groups excluding carboxylic acids is 4. The van der Waals surface area contributed by atoms with Gasteiger partial charge < -0.3 is 31.5 Å². The number of amides is 4. The van der Waals surface area contributed by atoms with E-state index in [9.17, 15) is 34.2 Å². The molecule has 0 heterocycles. The van der Waals surface area contributed by atoms with Gasteiger partial charge in [-0.25, -0.2) is 4.79 Å². The van der Waals surface area contributed by atoms with Crippen molar-refractivity contribution in [3.8, 4) is 0 Å². The number of carboxylic acids is 1. The van der Waals surface area contributed by atoms with Crippen LogP contribution in [0.1, 0.15) is 80.2 Å². The number of benzene rings is 1. The monoisotopic (exact) mass is 604 g/mol. The lowest BCUT2D eigenvalue weighted by molar-refractivity contribution is -0.142. The zero-order valence-corrected chi connectivity index (χ0v) is 26.8. The SMILES string of the molecule is CC(C)C[C@H](NC(=O)[C@H](Cc1ccccc1)NC(=O)[C@H](CC(C)C)NC(=O)[C@@H](NC(=O)[C@@H](O)CC(C)C)C(C)C)C(=O)O. The van der Waals surface area contributed by atoms with Gasteiger partial charge in [0, 0.05) is 6.42 Å². The first-order valence-corrected chi connectivity index (χ1v) is 15.2. The molecule has 0 bridgehead atoms. The first-order valence-electron chi connectivity index (χ1n) is 15.2. The quantitative estimate of drug-likeness (QED) is 0.149. The third kappa shape index (κ3) is 14.0. The Bertz CT molecular complexity index is 1060. The van der Waals surface area contributed by atoms with Gasteiger partial charge in [-0.2, -0.15) is 0 Å². The lowest BCUT2D eigenvalue weighted by Crippen LogP contribution is -2.59. The lowest BCUT2D eigenvalue weighted by atomic mass is 9.98. The lowest BCUT2D eigenvalue weighted by Gasteiger charge is -2.28. The average Bonchev–Trinajstić information content (AvgIpc) is 2.89. The summed E-state index contributed by atoms with van der Waals surface area (Å²) in [5.74, 6) is -3.96. The second-order valence-electron chi connectivity index (χ2n) is 12.8. The predicted octanol–water partition coefficient (Wildman–Crippen LogP) is 2.41. The van der Waals surface area contributed by atoms with Gasteiger partial charge in [0.1, 0.15) is 30.3 Å².